The average Bonchev–Trinajstić information content (AvgIpc) is 2.92. The minimum Gasteiger partial charge on any atom is -0.497 e. The Kier molecular flexibility index (Phi) is 11.0. The van der Waals surface area contributed by atoms with Crippen LogP contribution in [-0.4, -0.2) is 49.6 Å². The van der Waals surface area contributed by atoms with E-state index in [9.17, 15) is 9.59 Å². The van der Waals surface area contributed by atoms with Crippen molar-refractivity contribution in [1.82, 2.24) is 10.2 Å². The van der Waals surface area contributed by atoms with Crippen LogP contribution in [0.1, 0.15) is 30.0 Å². The van der Waals surface area contributed by atoms with Crippen molar-refractivity contribution in [1.29, 1.82) is 0 Å². The molecule has 2 amide bonds. The van der Waals surface area contributed by atoms with E-state index in [0.717, 1.165) is 22.4 Å². The number of amides is 2. The SMILES string of the molecule is CCOCCCNC(=O)[C@@H](Cc1ccccc1)N(Cc1ccc(OC)cc1)C(=O)Cc1ccccc1. The summed E-state index contributed by atoms with van der Waals surface area (Å²) in [6.45, 7) is 3.99. The van der Waals surface area contributed by atoms with Gasteiger partial charge in [0, 0.05) is 32.7 Å². The van der Waals surface area contributed by atoms with Crippen LogP contribution in [-0.2, 0) is 33.7 Å². The molecule has 0 bridgehead atoms. The Bertz CT molecular complexity index is 1060. The van der Waals surface area contributed by atoms with Crippen molar-refractivity contribution in [3.63, 3.8) is 0 Å². The molecule has 0 aliphatic heterocycles. The molecule has 0 aromatic heterocycles. The lowest BCUT2D eigenvalue weighted by Crippen LogP contribution is -2.51. The maximum absolute atomic E-state index is 13.7. The van der Waals surface area contributed by atoms with E-state index in [-0.39, 0.29) is 18.2 Å². The van der Waals surface area contributed by atoms with Gasteiger partial charge in [0.25, 0.3) is 0 Å². The minimum absolute atomic E-state index is 0.0950. The number of nitrogens with one attached hydrogen (secondary N) is 1. The van der Waals surface area contributed by atoms with Gasteiger partial charge in [0.1, 0.15) is 11.8 Å². The van der Waals surface area contributed by atoms with Crippen LogP contribution < -0.4 is 10.1 Å². The van der Waals surface area contributed by atoms with E-state index < -0.39 is 6.04 Å². The third-order valence-electron chi connectivity index (χ3n) is 5.95. The zero-order chi connectivity index (χ0) is 25.6. The highest BCUT2D eigenvalue weighted by Gasteiger charge is 2.30. The number of methoxy groups -OCH3 is 1. The van der Waals surface area contributed by atoms with Crippen molar-refractivity contribution in [2.45, 2.75) is 38.8 Å². The number of benzene rings is 3. The van der Waals surface area contributed by atoms with Gasteiger partial charge >= 0.3 is 0 Å². The average molecular weight is 489 g/mol. The summed E-state index contributed by atoms with van der Waals surface area (Å²) < 4.78 is 10.7. The fourth-order valence-corrected chi connectivity index (χ4v) is 4.00. The van der Waals surface area contributed by atoms with Crippen LogP contribution in [0, 0.1) is 0 Å². The molecule has 0 fully saturated rings. The molecule has 0 spiro atoms. The van der Waals surface area contributed by atoms with Crippen molar-refractivity contribution < 1.29 is 19.1 Å². The molecule has 3 rings (SSSR count). The van der Waals surface area contributed by atoms with E-state index in [4.69, 9.17) is 9.47 Å². The lowest BCUT2D eigenvalue weighted by atomic mass is 10.0. The first-order valence-electron chi connectivity index (χ1n) is 12.5. The molecule has 190 valence electrons. The van der Waals surface area contributed by atoms with E-state index in [1.54, 1.807) is 12.0 Å². The molecule has 1 N–H and O–H groups in total. The van der Waals surface area contributed by atoms with Gasteiger partial charge in [0.15, 0.2) is 0 Å². The normalized spacial score (nSPS) is 11.5. The Balaban J connectivity index is 1.87. The molecular weight excluding hydrogens is 452 g/mol. The van der Waals surface area contributed by atoms with E-state index in [1.807, 2.05) is 91.9 Å². The number of carbonyl (C=O) groups excluding carboxylic acids is 2. The number of carbonyl (C=O) groups is 2. The Morgan fingerprint density at radius 3 is 2.11 bits per heavy atom. The maximum atomic E-state index is 13.7. The van der Waals surface area contributed by atoms with E-state index in [0.29, 0.717) is 39.1 Å². The quantitative estimate of drug-likeness (QED) is 0.341. The van der Waals surface area contributed by atoms with Crippen molar-refractivity contribution in [3.8, 4) is 5.75 Å². The van der Waals surface area contributed by atoms with Gasteiger partial charge in [0.2, 0.25) is 11.8 Å². The summed E-state index contributed by atoms with van der Waals surface area (Å²) in [5.74, 6) is 0.487. The molecule has 1 atom stereocenters. The second kappa shape index (κ2) is 14.7. The first kappa shape index (κ1) is 27.0. The van der Waals surface area contributed by atoms with Crippen LogP contribution in [0.2, 0.25) is 0 Å². The Morgan fingerprint density at radius 2 is 1.50 bits per heavy atom. The molecule has 0 heterocycles. The third kappa shape index (κ3) is 8.54. The first-order valence-corrected chi connectivity index (χ1v) is 12.5. The third-order valence-corrected chi connectivity index (χ3v) is 5.95. The zero-order valence-electron chi connectivity index (χ0n) is 21.2. The topological polar surface area (TPSA) is 67.9 Å². The predicted octanol–water partition coefficient (Wildman–Crippen LogP) is 4.42. The summed E-state index contributed by atoms with van der Waals surface area (Å²) in [4.78, 5) is 28.9. The van der Waals surface area contributed by atoms with Gasteiger partial charge in [-0.15, -0.1) is 0 Å². The molecule has 0 radical (unpaired) electrons. The molecule has 0 saturated heterocycles. The number of rotatable bonds is 14. The van der Waals surface area contributed by atoms with Gasteiger partial charge in [-0.1, -0.05) is 72.8 Å². The van der Waals surface area contributed by atoms with Gasteiger partial charge in [0.05, 0.1) is 13.5 Å². The van der Waals surface area contributed by atoms with Crippen molar-refractivity contribution in [2.24, 2.45) is 0 Å². The molecule has 0 aliphatic rings. The van der Waals surface area contributed by atoms with E-state index >= 15 is 0 Å². The number of hydrogen-bond donors (Lipinski definition) is 1. The Labute approximate surface area is 214 Å². The largest absolute Gasteiger partial charge is 0.497 e. The Morgan fingerprint density at radius 1 is 0.861 bits per heavy atom. The fraction of sp³-hybridized carbons (Fsp3) is 0.333. The summed E-state index contributed by atoms with van der Waals surface area (Å²) >= 11 is 0. The van der Waals surface area contributed by atoms with Crippen LogP contribution in [0.3, 0.4) is 0 Å². The molecule has 36 heavy (non-hydrogen) atoms. The predicted molar refractivity (Wildman–Crippen MR) is 142 cm³/mol. The summed E-state index contributed by atoms with van der Waals surface area (Å²) in [7, 11) is 1.62. The molecule has 3 aromatic rings. The standard InChI is InChI=1S/C30H36N2O4/c1-3-36-20-10-19-31-30(34)28(21-24-11-6-4-7-12-24)32(23-26-15-17-27(35-2)18-16-26)29(33)22-25-13-8-5-9-14-25/h4-9,11-18,28H,3,10,19-23H2,1-2H3,(H,31,34)/t28-/m1/s1. The lowest BCUT2D eigenvalue weighted by molar-refractivity contribution is -0.140. The van der Waals surface area contributed by atoms with Crippen LogP contribution in [0.15, 0.2) is 84.9 Å². The zero-order valence-corrected chi connectivity index (χ0v) is 21.2. The summed E-state index contributed by atoms with van der Waals surface area (Å²) in [6.07, 6.45) is 1.36. The van der Waals surface area contributed by atoms with Gasteiger partial charge in [-0.25, -0.2) is 0 Å². The first-order chi connectivity index (χ1) is 17.6. The van der Waals surface area contributed by atoms with E-state index in [1.165, 1.54) is 0 Å². The number of ether oxygens (including phenoxy) is 2. The molecule has 6 heteroatoms. The van der Waals surface area contributed by atoms with Crippen molar-refractivity contribution in [3.05, 3.63) is 102 Å². The lowest BCUT2D eigenvalue weighted by Gasteiger charge is -2.32. The maximum Gasteiger partial charge on any atom is 0.243 e. The highest BCUT2D eigenvalue weighted by atomic mass is 16.5. The number of hydrogen-bond acceptors (Lipinski definition) is 4. The summed E-state index contributed by atoms with van der Waals surface area (Å²) in [6, 6.07) is 26.4. The van der Waals surface area contributed by atoms with Gasteiger partial charge in [-0.05, 0) is 42.2 Å². The summed E-state index contributed by atoms with van der Waals surface area (Å²) in [5, 5.41) is 3.03. The molecule has 3 aromatic carbocycles. The highest BCUT2D eigenvalue weighted by Crippen LogP contribution is 2.18. The van der Waals surface area contributed by atoms with Crippen molar-refractivity contribution >= 4 is 11.8 Å². The highest BCUT2D eigenvalue weighted by molar-refractivity contribution is 5.88. The second-order valence-electron chi connectivity index (χ2n) is 8.58. The summed E-state index contributed by atoms with van der Waals surface area (Å²) in [5.41, 5.74) is 2.84. The molecular formula is C30H36N2O4. The van der Waals surface area contributed by atoms with Crippen molar-refractivity contribution in [2.75, 3.05) is 26.9 Å². The van der Waals surface area contributed by atoms with Gasteiger partial charge in [-0.2, -0.15) is 0 Å². The molecule has 0 saturated carbocycles. The monoisotopic (exact) mass is 488 g/mol. The minimum atomic E-state index is -0.655. The Hall–Kier alpha value is -3.64. The van der Waals surface area contributed by atoms with Gasteiger partial charge < -0.3 is 19.7 Å². The van der Waals surface area contributed by atoms with Crippen LogP contribution >= 0.6 is 0 Å². The van der Waals surface area contributed by atoms with E-state index in [2.05, 4.69) is 5.32 Å². The molecule has 0 aliphatic carbocycles. The molecule has 0 unspecified atom stereocenters. The van der Waals surface area contributed by atoms with Crippen LogP contribution in [0.25, 0.3) is 0 Å². The van der Waals surface area contributed by atoms with Crippen LogP contribution in [0.4, 0.5) is 0 Å². The number of nitrogens with zero attached hydrogens (tertiary/aromatic N) is 1. The smallest absolute Gasteiger partial charge is 0.243 e. The molecule has 6 nitrogen and oxygen atoms in total. The van der Waals surface area contributed by atoms with Gasteiger partial charge in [-0.3, -0.25) is 9.59 Å². The van der Waals surface area contributed by atoms with Crippen LogP contribution in [0.5, 0.6) is 5.75 Å². The second-order valence-corrected chi connectivity index (χ2v) is 8.58. The fourth-order valence-electron chi connectivity index (χ4n) is 4.00.